The van der Waals surface area contributed by atoms with Crippen molar-refractivity contribution >= 4 is 16.7 Å². The summed E-state index contributed by atoms with van der Waals surface area (Å²) in [5.41, 5.74) is -0.905. The molecule has 136 valence electrons. The normalized spacial score (nSPS) is 17.2. The summed E-state index contributed by atoms with van der Waals surface area (Å²) in [4.78, 5) is 11.1. The van der Waals surface area contributed by atoms with Crippen molar-refractivity contribution < 1.29 is 19.7 Å². The fourth-order valence-corrected chi connectivity index (χ4v) is 3.00. The summed E-state index contributed by atoms with van der Waals surface area (Å²) in [5.74, 6) is 0.00499. The molecule has 0 radical (unpaired) electrons. The van der Waals surface area contributed by atoms with Crippen LogP contribution >= 0.6 is 0 Å². The Morgan fingerprint density at radius 1 is 1.12 bits per heavy atom. The van der Waals surface area contributed by atoms with Crippen LogP contribution in [0.2, 0.25) is 0 Å². The second kappa shape index (κ2) is 8.83. The number of carboxylic acid groups (broad SMARTS) is 1. The lowest BCUT2D eigenvalue weighted by molar-refractivity contribution is -0.134. The summed E-state index contributed by atoms with van der Waals surface area (Å²) < 4.78 is 5.95. The number of benzene rings is 2. The largest absolute Gasteiger partial charge is 0.488 e. The third-order valence-corrected chi connectivity index (χ3v) is 4.29. The molecule has 1 saturated heterocycles. The molecule has 3 rings (SSSR count). The number of carbonyl (C=O) groups is 1. The molecule has 1 fully saturated rings. The molecule has 0 amide bonds. The highest BCUT2D eigenvalue weighted by Crippen LogP contribution is 2.27. The van der Waals surface area contributed by atoms with Gasteiger partial charge >= 0.3 is 0 Å². The Balaban J connectivity index is 0.000000511. The third-order valence-electron chi connectivity index (χ3n) is 4.29. The second-order valence-electron chi connectivity index (χ2n) is 6.55. The van der Waals surface area contributed by atoms with Crippen LogP contribution in [0.1, 0.15) is 33.1 Å². The highest BCUT2D eigenvalue weighted by atomic mass is 16.5. The maximum Gasteiger partial charge on any atom is 0.300 e. The van der Waals surface area contributed by atoms with Gasteiger partial charge < -0.3 is 14.9 Å². The minimum atomic E-state index is -0.905. The maximum absolute atomic E-state index is 10.7. The molecule has 2 aromatic carbocycles. The molecule has 25 heavy (non-hydrogen) atoms. The zero-order chi connectivity index (χ0) is 18.3. The summed E-state index contributed by atoms with van der Waals surface area (Å²) in [5, 5.41) is 20.3. The summed E-state index contributed by atoms with van der Waals surface area (Å²) in [7, 11) is 0. The molecule has 2 N–H and O–H groups in total. The van der Waals surface area contributed by atoms with Crippen molar-refractivity contribution in [1.82, 2.24) is 4.90 Å². The van der Waals surface area contributed by atoms with Gasteiger partial charge in [0.05, 0.1) is 0 Å². The first-order chi connectivity index (χ1) is 11.9. The van der Waals surface area contributed by atoms with Gasteiger partial charge in [-0.25, -0.2) is 0 Å². The van der Waals surface area contributed by atoms with E-state index in [9.17, 15) is 5.11 Å². The van der Waals surface area contributed by atoms with Gasteiger partial charge in [0.25, 0.3) is 5.97 Å². The number of aliphatic carboxylic acids is 1. The molecule has 0 spiro atoms. The number of carboxylic acids is 1. The predicted molar refractivity (Wildman–Crippen MR) is 98.8 cm³/mol. The Hall–Kier alpha value is -2.11. The van der Waals surface area contributed by atoms with Gasteiger partial charge in [0, 0.05) is 25.4 Å². The zero-order valence-electron chi connectivity index (χ0n) is 14.9. The first-order valence-corrected chi connectivity index (χ1v) is 8.68. The lowest BCUT2D eigenvalue weighted by Crippen LogP contribution is -2.52. The summed E-state index contributed by atoms with van der Waals surface area (Å²) in [6.45, 7) is 5.13. The Morgan fingerprint density at radius 2 is 1.72 bits per heavy atom. The zero-order valence-corrected chi connectivity index (χ0v) is 14.9. The molecule has 1 heterocycles. The van der Waals surface area contributed by atoms with Gasteiger partial charge in [-0.2, -0.15) is 0 Å². The van der Waals surface area contributed by atoms with Crippen LogP contribution in [0.4, 0.5) is 0 Å². The molecular formula is C20H27NO4. The predicted octanol–water partition coefficient (Wildman–Crippen LogP) is 3.50. The van der Waals surface area contributed by atoms with Crippen LogP contribution < -0.4 is 4.74 Å². The van der Waals surface area contributed by atoms with E-state index < -0.39 is 11.7 Å². The summed E-state index contributed by atoms with van der Waals surface area (Å²) >= 11 is 0. The monoisotopic (exact) mass is 345 g/mol. The fraction of sp³-hybridized carbons (Fsp3) is 0.450. The van der Waals surface area contributed by atoms with E-state index in [-0.39, 0.29) is 0 Å². The lowest BCUT2D eigenvalue weighted by Gasteiger charge is -2.39. The van der Waals surface area contributed by atoms with E-state index >= 15 is 0 Å². The quantitative estimate of drug-likeness (QED) is 0.887. The third kappa shape index (κ3) is 5.73. The van der Waals surface area contributed by atoms with Crippen LogP contribution in [0.15, 0.2) is 42.5 Å². The van der Waals surface area contributed by atoms with Crippen LogP contribution in [0.5, 0.6) is 5.75 Å². The van der Waals surface area contributed by atoms with Gasteiger partial charge in [0.2, 0.25) is 0 Å². The van der Waals surface area contributed by atoms with E-state index in [1.54, 1.807) is 0 Å². The highest BCUT2D eigenvalue weighted by Gasteiger charge is 2.31. The molecular weight excluding hydrogens is 318 g/mol. The van der Waals surface area contributed by atoms with E-state index in [2.05, 4.69) is 23.1 Å². The molecule has 5 nitrogen and oxygen atoms in total. The lowest BCUT2D eigenvalue weighted by atomic mass is 10.1. The van der Waals surface area contributed by atoms with Crippen molar-refractivity contribution in [3.8, 4) is 5.75 Å². The Labute approximate surface area is 148 Å². The van der Waals surface area contributed by atoms with Crippen LogP contribution in [-0.2, 0) is 4.79 Å². The minimum absolute atomic E-state index is 0.293. The fourth-order valence-electron chi connectivity index (χ4n) is 3.00. The van der Waals surface area contributed by atoms with Gasteiger partial charge in [0.1, 0.15) is 18.1 Å². The van der Waals surface area contributed by atoms with E-state index in [0.29, 0.717) is 6.61 Å². The van der Waals surface area contributed by atoms with Crippen molar-refractivity contribution in [2.45, 2.75) is 38.8 Å². The first kappa shape index (κ1) is 19.2. The van der Waals surface area contributed by atoms with Gasteiger partial charge in [-0.15, -0.1) is 0 Å². The number of likely N-dealkylation sites (tertiary alicyclic amines) is 1. The van der Waals surface area contributed by atoms with Crippen LogP contribution in [-0.4, -0.2) is 46.5 Å². The molecule has 0 bridgehead atoms. The topological polar surface area (TPSA) is 70.0 Å². The van der Waals surface area contributed by atoms with Crippen molar-refractivity contribution in [3.05, 3.63) is 42.5 Å². The number of piperidine rings is 1. The molecule has 2 aromatic rings. The molecule has 0 saturated carbocycles. The molecule has 5 heteroatoms. The van der Waals surface area contributed by atoms with E-state index in [1.807, 2.05) is 31.2 Å². The highest BCUT2D eigenvalue weighted by molar-refractivity contribution is 5.88. The van der Waals surface area contributed by atoms with E-state index in [0.717, 1.165) is 49.4 Å². The standard InChI is InChI=1S/C18H23NO2.C2H4O2/c1-18(20,19-12-5-2-6-13-19)14-21-17-11-7-9-15-8-3-4-10-16(15)17;1-2(3)4/h3-4,7-11,20H,2,5-6,12-14H2,1H3;1H3,(H,3,4). The smallest absolute Gasteiger partial charge is 0.300 e. The van der Waals surface area contributed by atoms with Gasteiger partial charge in [-0.05, 0) is 31.2 Å². The summed E-state index contributed by atoms with van der Waals surface area (Å²) in [6, 6.07) is 14.2. The van der Waals surface area contributed by atoms with Crippen LogP contribution in [0.3, 0.4) is 0 Å². The molecule has 1 unspecified atom stereocenters. The summed E-state index contributed by atoms with van der Waals surface area (Å²) in [6.07, 6.45) is 3.57. The van der Waals surface area contributed by atoms with Gasteiger partial charge in [-0.3, -0.25) is 9.69 Å². The Bertz CT molecular complexity index is 684. The molecule has 1 atom stereocenters. The molecule has 0 aliphatic carbocycles. The van der Waals surface area contributed by atoms with Crippen molar-refractivity contribution in [3.63, 3.8) is 0 Å². The Morgan fingerprint density at radius 3 is 2.40 bits per heavy atom. The second-order valence-corrected chi connectivity index (χ2v) is 6.55. The van der Waals surface area contributed by atoms with Crippen LogP contribution in [0, 0.1) is 0 Å². The maximum atomic E-state index is 10.7. The van der Waals surface area contributed by atoms with Crippen molar-refractivity contribution in [2.24, 2.45) is 0 Å². The van der Waals surface area contributed by atoms with Crippen molar-refractivity contribution in [1.29, 1.82) is 0 Å². The number of fused-ring (bicyclic) bond motifs is 1. The number of aliphatic hydroxyl groups is 1. The van der Waals surface area contributed by atoms with Crippen molar-refractivity contribution in [2.75, 3.05) is 19.7 Å². The van der Waals surface area contributed by atoms with Crippen LogP contribution in [0.25, 0.3) is 10.8 Å². The SMILES string of the molecule is CC(=O)O.CC(O)(COc1cccc2ccccc12)N1CCCCC1. The average Bonchev–Trinajstić information content (AvgIpc) is 2.60. The van der Waals surface area contributed by atoms with Gasteiger partial charge in [-0.1, -0.05) is 42.8 Å². The average molecular weight is 345 g/mol. The molecule has 0 aromatic heterocycles. The number of hydrogen-bond acceptors (Lipinski definition) is 4. The first-order valence-electron chi connectivity index (χ1n) is 8.68. The molecule has 1 aliphatic heterocycles. The number of nitrogens with zero attached hydrogens (tertiary/aromatic N) is 1. The van der Waals surface area contributed by atoms with E-state index in [1.165, 1.54) is 6.42 Å². The van der Waals surface area contributed by atoms with E-state index in [4.69, 9.17) is 14.6 Å². The molecule has 1 aliphatic rings. The number of ether oxygens (including phenoxy) is 1. The van der Waals surface area contributed by atoms with Gasteiger partial charge in [0.15, 0.2) is 0 Å². The minimum Gasteiger partial charge on any atom is -0.488 e. The Kier molecular flexibility index (Phi) is 6.79. The number of hydrogen-bond donors (Lipinski definition) is 2. The number of rotatable bonds is 4.